The SMILES string of the molecule is Cc1ccccc1Oc1cc(N(c2ccc(-c3ccc(-n4c5ccccc5c5ccccc54)cc3)cc2)c2ccc3ccccc3c2)ccc1C1C2CC(C)CC1CC(C)C2. The molecule has 2 aliphatic rings. The van der Waals surface area contributed by atoms with E-state index in [1.165, 1.54) is 75.0 Å². The molecule has 0 atom stereocenters. The number of rotatable bonds is 8. The molecule has 2 aliphatic carbocycles. The van der Waals surface area contributed by atoms with Crippen LogP contribution in [0, 0.1) is 30.6 Å². The van der Waals surface area contributed by atoms with E-state index in [1.807, 2.05) is 0 Å². The minimum absolute atomic E-state index is 0.509. The molecule has 0 amide bonds. The third kappa shape index (κ3) is 6.87. The van der Waals surface area contributed by atoms with Crippen LogP contribution in [-0.2, 0) is 0 Å². The van der Waals surface area contributed by atoms with Gasteiger partial charge in [-0.15, -0.1) is 0 Å². The zero-order valence-corrected chi connectivity index (χ0v) is 35.3. The van der Waals surface area contributed by atoms with Crippen LogP contribution in [0.25, 0.3) is 49.4 Å². The fourth-order valence-electron chi connectivity index (χ4n) is 11.3. The van der Waals surface area contributed by atoms with Gasteiger partial charge in [0, 0.05) is 39.6 Å². The Bertz CT molecular complexity index is 2950. The Morgan fingerprint density at radius 3 is 1.66 bits per heavy atom. The number of aryl methyl sites for hydroxylation is 1. The summed E-state index contributed by atoms with van der Waals surface area (Å²) in [7, 11) is 0. The summed E-state index contributed by atoms with van der Waals surface area (Å²) in [6, 6.07) is 66.5. The van der Waals surface area contributed by atoms with E-state index in [-0.39, 0.29) is 0 Å². The molecule has 0 unspecified atom stereocenters. The number of hydrogen-bond acceptors (Lipinski definition) is 2. The van der Waals surface area contributed by atoms with Crippen molar-refractivity contribution in [2.24, 2.45) is 23.7 Å². The number of fused-ring (bicyclic) bond motifs is 6. The van der Waals surface area contributed by atoms with E-state index in [0.29, 0.717) is 17.8 Å². The maximum Gasteiger partial charge on any atom is 0.133 e. The number of hydrogen-bond donors (Lipinski definition) is 0. The number of anilines is 3. The van der Waals surface area contributed by atoms with Crippen molar-refractivity contribution in [3.05, 3.63) is 193 Å². The van der Waals surface area contributed by atoms with Crippen molar-refractivity contribution in [3.8, 4) is 28.3 Å². The molecule has 11 rings (SSSR count). The molecule has 2 fully saturated rings. The smallest absolute Gasteiger partial charge is 0.133 e. The van der Waals surface area contributed by atoms with Crippen LogP contribution in [0.3, 0.4) is 0 Å². The third-order valence-electron chi connectivity index (χ3n) is 13.9. The summed E-state index contributed by atoms with van der Waals surface area (Å²) in [4.78, 5) is 2.40. The van der Waals surface area contributed by atoms with Crippen molar-refractivity contribution >= 4 is 49.6 Å². The molecule has 1 heterocycles. The molecular weight excluding hydrogens is 741 g/mol. The summed E-state index contributed by atoms with van der Waals surface area (Å²) in [6.45, 7) is 7.09. The molecule has 8 aromatic carbocycles. The minimum atomic E-state index is 0.509. The molecule has 0 aliphatic heterocycles. The van der Waals surface area contributed by atoms with Crippen LogP contribution in [0.2, 0.25) is 0 Å². The lowest BCUT2D eigenvalue weighted by Gasteiger charge is -2.48. The van der Waals surface area contributed by atoms with Crippen LogP contribution >= 0.6 is 0 Å². The minimum Gasteiger partial charge on any atom is -0.457 e. The summed E-state index contributed by atoms with van der Waals surface area (Å²) >= 11 is 0. The Morgan fingerprint density at radius 1 is 0.475 bits per heavy atom. The van der Waals surface area contributed by atoms with Crippen LogP contribution in [0.4, 0.5) is 17.1 Å². The maximum absolute atomic E-state index is 7.08. The highest BCUT2D eigenvalue weighted by molar-refractivity contribution is 6.09. The lowest BCUT2D eigenvalue weighted by atomic mass is 9.57. The summed E-state index contributed by atoms with van der Waals surface area (Å²) in [5.74, 6) is 5.35. The van der Waals surface area contributed by atoms with Gasteiger partial charge in [0.05, 0.1) is 11.0 Å². The monoisotopic (exact) mass is 792 g/mol. The van der Waals surface area contributed by atoms with Gasteiger partial charge in [-0.2, -0.15) is 0 Å². The molecule has 2 bridgehead atoms. The Kier molecular flexibility index (Phi) is 9.49. The van der Waals surface area contributed by atoms with Crippen LogP contribution in [-0.4, -0.2) is 4.57 Å². The summed E-state index contributed by atoms with van der Waals surface area (Å²) in [5.41, 5.74) is 11.8. The Morgan fingerprint density at radius 2 is 1.00 bits per heavy atom. The van der Waals surface area contributed by atoms with Gasteiger partial charge in [0.15, 0.2) is 0 Å². The quantitative estimate of drug-likeness (QED) is 0.152. The molecular formula is C58H52N2O. The zero-order valence-electron chi connectivity index (χ0n) is 35.3. The van der Waals surface area contributed by atoms with E-state index in [9.17, 15) is 0 Å². The molecule has 0 radical (unpaired) electrons. The predicted molar refractivity (Wildman–Crippen MR) is 256 cm³/mol. The first-order valence-electron chi connectivity index (χ1n) is 22.3. The van der Waals surface area contributed by atoms with Gasteiger partial charge in [0.1, 0.15) is 11.5 Å². The van der Waals surface area contributed by atoms with Gasteiger partial charge < -0.3 is 14.2 Å². The molecule has 61 heavy (non-hydrogen) atoms. The van der Waals surface area contributed by atoms with E-state index in [4.69, 9.17) is 4.74 Å². The van der Waals surface area contributed by atoms with E-state index >= 15 is 0 Å². The summed E-state index contributed by atoms with van der Waals surface area (Å²) in [5, 5.41) is 5.00. The van der Waals surface area contributed by atoms with E-state index in [1.54, 1.807) is 0 Å². The molecule has 3 heteroatoms. The third-order valence-corrected chi connectivity index (χ3v) is 13.9. The van der Waals surface area contributed by atoms with Crippen molar-refractivity contribution in [2.75, 3.05) is 4.90 Å². The van der Waals surface area contributed by atoms with Crippen LogP contribution in [0.1, 0.15) is 56.6 Å². The standard InChI is InChI=1S/C58H52N2O/c1-38-32-45-34-39(2)35-46(33-38)58(45)53-31-30-50(37-57(53)61-56-19-11-4-12-40(56)3)59(49-29-24-41-13-5-6-14-44(41)36-49)47-25-20-42(21-26-47)43-22-27-48(28-23-43)60-54-17-9-7-15-51(54)52-16-8-10-18-55(52)60/h4-31,36-39,45-46,58H,32-35H2,1-3H3. The first kappa shape index (κ1) is 37.4. The second kappa shape index (κ2) is 15.5. The number of benzene rings is 8. The average molecular weight is 793 g/mol. The van der Waals surface area contributed by atoms with Crippen molar-refractivity contribution in [1.82, 2.24) is 4.57 Å². The Labute approximate surface area is 359 Å². The fourth-order valence-corrected chi connectivity index (χ4v) is 11.3. The Hall–Kier alpha value is -6.58. The second-order valence-electron chi connectivity index (χ2n) is 18.1. The molecule has 9 aromatic rings. The van der Waals surface area contributed by atoms with Gasteiger partial charge in [-0.05, 0) is 156 Å². The first-order valence-corrected chi connectivity index (χ1v) is 22.3. The molecule has 2 saturated carbocycles. The van der Waals surface area contributed by atoms with Crippen LogP contribution in [0.15, 0.2) is 182 Å². The highest BCUT2D eigenvalue weighted by Crippen LogP contribution is 2.56. The molecule has 0 spiro atoms. The first-order chi connectivity index (χ1) is 29.9. The predicted octanol–water partition coefficient (Wildman–Crippen LogP) is 16.4. The maximum atomic E-state index is 7.08. The highest BCUT2D eigenvalue weighted by Gasteiger charge is 2.43. The number of aromatic nitrogens is 1. The molecule has 300 valence electrons. The van der Waals surface area contributed by atoms with Gasteiger partial charge >= 0.3 is 0 Å². The average Bonchev–Trinajstić information content (AvgIpc) is 3.62. The number of para-hydroxylation sites is 3. The summed E-state index contributed by atoms with van der Waals surface area (Å²) < 4.78 is 9.46. The van der Waals surface area contributed by atoms with Crippen molar-refractivity contribution in [2.45, 2.75) is 52.4 Å². The molecule has 0 saturated heterocycles. The van der Waals surface area contributed by atoms with Gasteiger partial charge in [0.2, 0.25) is 0 Å². The largest absolute Gasteiger partial charge is 0.457 e. The highest BCUT2D eigenvalue weighted by atomic mass is 16.5. The van der Waals surface area contributed by atoms with Crippen LogP contribution in [0.5, 0.6) is 11.5 Å². The van der Waals surface area contributed by atoms with E-state index < -0.39 is 0 Å². The fraction of sp³-hybridized carbons (Fsp3) is 0.207. The molecule has 1 aromatic heterocycles. The second-order valence-corrected chi connectivity index (χ2v) is 18.1. The molecule has 0 N–H and O–H groups in total. The number of nitrogens with zero attached hydrogens (tertiary/aromatic N) is 2. The van der Waals surface area contributed by atoms with E-state index in [2.05, 4.69) is 212 Å². The van der Waals surface area contributed by atoms with Crippen LogP contribution < -0.4 is 9.64 Å². The normalized spacial score (nSPS) is 20.0. The zero-order chi connectivity index (χ0) is 41.0. The lowest BCUT2D eigenvalue weighted by molar-refractivity contribution is 0.0784. The topological polar surface area (TPSA) is 17.4 Å². The van der Waals surface area contributed by atoms with Crippen molar-refractivity contribution < 1.29 is 4.74 Å². The van der Waals surface area contributed by atoms with Gasteiger partial charge in [-0.3, -0.25) is 0 Å². The summed E-state index contributed by atoms with van der Waals surface area (Å²) in [6.07, 6.45) is 5.20. The van der Waals surface area contributed by atoms with Crippen molar-refractivity contribution in [1.29, 1.82) is 0 Å². The lowest BCUT2D eigenvalue weighted by Crippen LogP contribution is -2.37. The van der Waals surface area contributed by atoms with E-state index in [0.717, 1.165) is 51.6 Å². The molecule has 3 nitrogen and oxygen atoms in total. The Balaban J connectivity index is 0.991. The number of ether oxygens (including phenoxy) is 1. The van der Waals surface area contributed by atoms with Gasteiger partial charge in [-0.1, -0.05) is 129 Å². The van der Waals surface area contributed by atoms with Gasteiger partial charge in [0.25, 0.3) is 0 Å². The van der Waals surface area contributed by atoms with Crippen molar-refractivity contribution in [3.63, 3.8) is 0 Å². The van der Waals surface area contributed by atoms with Gasteiger partial charge in [-0.25, -0.2) is 0 Å².